The summed E-state index contributed by atoms with van der Waals surface area (Å²) in [5, 5.41) is 2.86. The summed E-state index contributed by atoms with van der Waals surface area (Å²) in [6, 6.07) is 8.99. The van der Waals surface area contributed by atoms with Crippen LogP contribution in [0.1, 0.15) is 61.0 Å². The lowest BCUT2D eigenvalue weighted by Crippen LogP contribution is -2.46. The average Bonchev–Trinajstić information content (AvgIpc) is 3.21. The van der Waals surface area contributed by atoms with Gasteiger partial charge in [-0.05, 0) is 49.1 Å². The molecule has 2 fully saturated rings. The molecule has 3 atom stereocenters. The molecule has 2 aliphatic heterocycles. The van der Waals surface area contributed by atoms with Crippen molar-refractivity contribution < 1.29 is 40.7 Å². The van der Waals surface area contributed by atoms with Crippen LogP contribution in [0.3, 0.4) is 0 Å². The molecule has 2 aliphatic rings. The minimum Gasteiger partial charge on any atom is -0.488 e. The van der Waals surface area contributed by atoms with E-state index in [0.717, 1.165) is 12.8 Å². The fraction of sp³-hybridized carbons (Fsp3) is 0.407. The standard InChI is InChI=1S/C27H26F6N2O3/c1-16(18-12-20(26(28,29)30)14-21(13-18)27(31,32)33)38-17(2)25(19-8-4-3-5-9-19)15-22(24(37)34-25)35-11-7-6-10-23(35)36/h3-5,8-9,12-14,16,22H,2,6-7,10-11,15H2,1H3,(H,34,37)/t16-,22-,25-/m1/s1. The van der Waals surface area contributed by atoms with Gasteiger partial charge in [0.1, 0.15) is 23.4 Å². The third-order valence-electron chi connectivity index (χ3n) is 7.02. The fourth-order valence-electron chi connectivity index (χ4n) is 4.99. The SMILES string of the molecule is C=C(O[C@H](C)c1cc(C(F)(F)F)cc(C(F)(F)F)c1)[C@@]1(c2ccccc2)C[C@@H](N2CCCCC2=O)C(=O)N1. The molecule has 0 spiro atoms. The molecule has 4 rings (SSSR count). The highest BCUT2D eigenvalue weighted by molar-refractivity contribution is 5.91. The predicted octanol–water partition coefficient (Wildman–Crippen LogP) is 6.11. The van der Waals surface area contributed by atoms with Crippen molar-refractivity contribution in [3.8, 4) is 0 Å². The lowest BCUT2D eigenvalue weighted by Gasteiger charge is -2.35. The summed E-state index contributed by atoms with van der Waals surface area (Å²) in [5.74, 6) is -0.675. The van der Waals surface area contributed by atoms with E-state index in [9.17, 15) is 35.9 Å². The van der Waals surface area contributed by atoms with Gasteiger partial charge in [-0.2, -0.15) is 26.3 Å². The van der Waals surface area contributed by atoms with E-state index < -0.39 is 47.1 Å². The normalized spacial score (nSPS) is 23.2. The molecular weight excluding hydrogens is 514 g/mol. The van der Waals surface area contributed by atoms with Gasteiger partial charge in [0.05, 0.1) is 11.1 Å². The molecule has 0 aliphatic carbocycles. The molecule has 0 aromatic heterocycles. The Morgan fingerprint density at radius 3 is 2.18 bits per heavy atom. The van der Waals surface area contributed by atoms with Crippen LogP contribution in [0.2, 0.25) is 0 Å². The van der Waals surface area contributed by atoms with E-state index in [1.807, 2.05) is 0 Å². The third-order valence-corrected chi connectivity index (χ3v) is 7.02. The number of carbonyl (C=O) groups excluding carboxylic acids is 2. The molecule has 2 aromatic carbocycles. The maximum atomic E-state index is 13.4. The number of alkyl halides is 6. The highest BCUT2D eigenvalue weighted by Gasteiger charge is 2.52. The van der Waals surface area contributed by atoms with Gasteiger partial charge in [-0.15, -0.1) is 0 Å². The molecular formula is C27H26F6N2O3. The monoisotopic (exact) mass is 540 g/mol. The number of rotatable bonds is 6. The summed E-state index contributed by atoms with van der Waals surface area (Å²) in [6.07, 6.45) is -9.48. The van der Waals surface area contributed by atoms with Crippen molar-refractivity contribution in [2.75, 3.05) is 6.54 Å². The maximum Gasteiger partial charge on any atom is 0.416 e. The lowest BCUT2D eigenvalue weighted by molar-refractivity contribution is -0.143. The molecule has 1 N–H and O–H groups in total. The number of amides is 2. The quantitative estimate of drug-likeness (QED) is 0.355. The first-order chi connectivity index (χ1) is 17.7. The van der Waals surface area contributed by atoms with Gasteiger partial charge >= 0.3 is 12.4 Å². The Hall–Kier alpha value is -3.50. The van der Waals surface area contributed by atoms with Crippen molar-refractivity contribution in [2.24, 2.45) is 0 Å². The van der Waals surface area contributed by atoms with E-state index in [2.05, 4.69) is 11.9 Å². The molecule has 2 aromatic rings. The molecule has 0 radical (unpaired) electrons. The second-order valence-electron chi connectivity index (χ2n) is 9.55. The van der Waals surface area contributed by atoms with Crippen LogP contribution < -0.4 is 5.32 Å². The molecule has 2 saturated heterocycles. The molecule has 11 heteroatoms. The zero-order valence-electron chi connectivity index (χ0n) is 20.5. The first kappa shape index (κ1) is 27.5. The van der Waals surface area contributed by atoms with E-state index in [0.29, 0.717) is 30.7 Å². The van der Waals surface area contributed by atoms with Crippen molar-refractivity contribution in [1.82, 2.24) is 10.2 Å². The molecule has 204 valence electrons. The van der Waals surface area contributed by atoms with Crippen LogP contribution in [0, 0.1) is 0 Å². The maximum absolute atomic E-state index is 13.4. The zero-order chi connectivity index (χ0) is 27.9. The second-order valence-corrected chi connectivity index (χ2v) is 9.55. The van der Waals surface area contributed by atoms with Crippen LogP contribution in [-0.2, 0) is 32.2 Å². The van der Waals surface area contributed by atoms with E-state index >= 15 is 0 Å². The van der Waals surface area contributed by atoms with Gasteiger partial charge in [-0.25, -0.2) is 0 Å². The van der Waals surface area contributed by atoms with Gasteiger partial charge < -0.3 is 15.0 Å². The number of hydrogen-bond donors (Lipinski definition) is 1. The topological polar surface area (TPSA) is 58.6 Å². The Morgan fingerprint density at radius 1 is 1.03 bits per heavy atom. The number of likely N-dealkylation sites (tertiary alicyclic amines) is 1. The number of nitrogens with one attached hydrogen (secondary N) is 1. The molecule has 2 amide bonds. The molecule has 38 heavy (non-hydrogen) atoms. The lowest BCUT2D eigenvalue weighted by atomic mass is 9.85. The van der Waals surface area contributed by atoms with E-state index in [1.165, 1.54) is 11.8 Å². The molecule has 0 bridgehead atoms. The number of benzene rings is 2. The van der Waals surface area contributed by atoms with Crippen LogP contribution in [0.25, 0.3) is 0 Å². The van der Waals surface area contributed by atoms with Crippen LogP contribution in [0.15, 0.2) is 60.9 Å². The van der Waals surface area contributed by atoms with Crippen molar-refractivity contribution in [2.45, 2.75) is 62.6 Å². The molecule has 0 unspecified atom stereocenters. The van der Waals surface area contributed by atoms with E-state index in [1.54, 1.807) is 30.3 Å². The smallest absolute Gasteiger partial charge is 0.416 e. The van der Waals surface area contributed by atoms with Gasteiger partial charge in [-0.1, -0.05) is 36.9 Å². The Labute approximate surface area is 215 Å². The van der Waals surface area contributed by atoms with Crippen LogP contribution in [-0.4, -0.2) is 29.3 Å². The number of ether oxygens (including phenoxy) is 1. The van der Waals surface area contributed by atoms with Crippen LogP contribution in [0.4, 0.5) is 26.3 Å². The highest BCUT2D eigenvalue weighted by atomic mass is 19.4. The van der Waals surface area contributed by atoms with Gasteiger partial charge in [-0.3, -0.25) is 9.59 Å². The highest BCUT2D eigenvalue weighted by Crippen LogP contribution is 2.43. The average molecular weight is 541 g/mol. The number of piperidine rings is 1. The molecule has 2 heterocycles. The van der Waals surface area contributed by atoms with Crippen molar-refractivity contribution >= 4 is 11.8 Å². The summed E-state index contributed by atoms with van der Waals surface area (Å²) in [4.78, 5) is 27.2. The zero-order valence-corrected chi connectivity index (χ0v) is 20.5. The summed E-state index contributed by atoms with van der Waals surface area (Å²) in [7, 11) is 0. The molecule has 5 nitrogen and oxygen atoms in total. The summed E-state index contributed by atoms with van der Waals surface area (Å²) in [6.45, 7) is 5.65. The largest absolute Gasteiger partial charge is 0.488 e. The fourth-order valence-corrected chi connectivity index (χ4v) is 4.99. The van der Waals surface area contributed by atoms with Gasteiger partial charge in [0, 0.05) is 19.4 Å². The number of hydrogen-bond acceptors (Lipinski definition) is 3. The number of nitrogens with zero attached hydrogens (tertiary/aromatic N) is 1. The van der Waals surface area contributed by atoms with Gasteiger partial charge in [0.15, 0.2) is 0 Å². The van der Waals surface area contributed by atoms with E-state index in [-0.39, 0.29) is 29.7 Å². The Balaban J connectivity index is 1.68. The van der Waals surface area contributed by atoms with Crippen LogP contribution >= 0.6 is 0 Å². The predicted molar refractivity (Wildman–Crippen MR) is 125 cm³/mol. The number of halogens is 6. The Morgan fingerprint density at radius 2 is 1.63 bits per heavy atom. The molecule has 0 saturated carbocycles. The van der Waals surface area contributed by atoms with E-state index in [4.69, 9.17) is 4.74 Å². The van der Waals surface area contributed by atoms with Crippen LogP contribution in [0.5, 0.6) is 0 Å². The summed E-state index contributed by atoms with van der Waals surface area (Å²) >= 11 is 0. The minimum absolute atomic E-state index is 0.0452. The Bertz CT molecular complexity index is 1200. The van der Waals surface area contributed by atoms with Gasteiger partial charge in [0.25, 0.3) is 0 Å². The number of carbonyl (C=O) groups is 2. The van der Waals surface area contributed by atoms with Gasteiger partial charge in [0.2, 0.25) is 11.8 Å². The first-order valence-corrected chi connectivity index (χ1v) is 12.0. The summed E-state index contributed by atoms with van der Waals surface area (Å²) < 4.78 is 86.2. The summed E-state index contributed by atoms with van der Waals surface area (Å²) in [5.41, 5.74) is -4.08. The second kappa shape index (κ2) is 9.99. The first-order valence-electron chi connectivity index (χ1n) is 12.0. The van der Waals surface area contributed by atoms with Crippen molar-refractivity contribution in [1.29, 1.82) is 0 Å². The van der Waals surface area contributed by atoms with Crippen molar-refractivity contribution in [3.63, 3.8) is 0 Å². The third kappa shape index (κ3) is 5.37. The Kier molecular flexibility index (Phi) is 7.24. The van der Waals surface area contributed by atoms with Crippen molar-refractivity contribution in [3.05, 3.63) is 83.1 Å². The minimum atomic E-state index is -5.01.